The van der Waals surface area contributed by atoms with Crippen molar-refractivity contribution in [3.8, 4) is 33.4 Å². The van der Waals surface area contributed by atoms with Crippen molar-refractivity contribution in [1.82, 2.24) is 0 Å². The van der Waals surface area contributed by atoms with E-state index in [-0.39, 0.29) is 39.3 Å². The van der Waals surface area contributed by atoms with Crippen LogP contribution in [0.4, 0.5) is 22.9 Å². The highest BCUT2D eigenvalue weighted by molar-refractivity contribution is 6.95. The molecule has 8 aromatic rings. The maximum absolute atomic E-state index is 7.76. The van der Waals surface area contributed by atoms with Crippen LogP contribution in [0, 0.1) is 13.8 Å². The van der Waals surface area contributed by atoms with Gasteiger partial charge in [-0.3, -0.25) is 0 Å². The van der Waals surface area contributed by atoms with Crippen LogP contribution in [0.3, 0.4) is 0 Å². The van der Waals surface area contributed by atoms with Gasteiger partial charge in [0.25, 0.3) is 0 Å². The third kappa shape index (κ3) is 7.88. The number of hydrogen-bond acceptors (Lipinski definition) is 3. The van der Waals surface area contributed by atoms with Gasteiger partial charge in [0.1, 0.15) is 5.58 Å². The number of benzene rings is 7. The molecule has 4 heteroatoms. The fourth-order valence-electron chi connectivity index (χ4n) is 13.9. The average molecular weight is 987 g/mol. The monoisotopic (exact) mass is 987 g/mol. The van der Waals surface area contributed by atoms with Crippen molar-refractivity contribution in [1.29, 1.82) is 0 Å². The minimum absolute atomic E-state index is 0.0133. The van der Waals surface area contributed by atoms with E-state index in [1.807, 2.05) is 0 Å². The molecule has 0 atom stereocenters. The Morgan fingerprint density at radius 1 is 0.493 bits per heavy atom. The van der Waals surface area contributed by atoms with Gasteiger partial charge in [-0.15, -0.1) is 0 Å². The normalized spacial score (nSPS) is 17.8. The predicted molar refractivity (Wildman–Crippen MR) is 322 cm³/mol. The van der Waals surface area contributed by atoms with E-state index >= 15 is 0 Å². The standard InChI is InChI=1S/C71H79BN2O/c1-43-21-20-22-44(2)62(43)47-35-53-52-38-49(67(6,7)8)27-30-59(52)74(50-28-29-55-56(39-50)69(11,12)32-31-68(55,9)10)72-63(53)60(36-47)73(42-46-25-26-48(66(3,4)5)37-51(46)45-23-18-17-19-24-45)65-64(72)54-40-57-58(41-61(54)75-65)71(15,16)34-33-70(57,13)14/h17-30,35-41H,31-34,42H2,1-16H3. The molecular formula is C71H79BN2O. The molecule has 0 bridgehead atoms. The van der Waals surface area contributed by atoms with Crippen LogP contribution in [0.2, 0.25) is 0 Å². The Labute approximate surface area is 449 Å². The van der Waals surface area contributed by atoms with E-state index in [0.29, 0.717) is 6.54 Å². The first kappa shape index (κ1) is 49.6. The van der Waals surface area contributed by atoms with Crippen LogP contribution in [0.1, 0.15) is 173 Å². The highest BCUT2D eigenvalue weighted by atomic mass is 16.4. The van der Waals surface area contributed by atoms with Gasteiger partial charge in [-0.1, -0.05) is 176 Å². The van der Waals surface area contributed by atoms with Crippen LogP contribution >= 0.6 is 0 Å². The van der Waals surface area contributed by atoms with Crippen molar-refractivity contribution < 1.29 is 4.42 Å². The number of rotatable bonds is 5. The minimum Gasteiger partial charge on any atom is -0.441 e. The van der Waals surface area contributed by atoms with Gasteiger partial charge < -0.3 is 14.1 Å². The number of furan rings is 1. The molecule has 0 fully saturated rings. The van der Waals surface area contributed by atoms with E-state index in [4.69, 9.17) is 4.42 Å². The number of nitrogens with zero attached hydrogens (tertiary/aromatic N) is 2. The Morgan fingerprint density at radius 2 is 1.07 bits per heavy atom. The van der Waals surface area contributed by atoms with E-state index in [9.17, 15) is 0 Å². The smallest absolute Gasteiger partial charge is 0.337 e. The molecule has 0 N–H and O–H groups in total. The van der Waals surface area contributed by atoms with E-state index < -0.39 is 0 Å². The SMILES string of the molecule is Cc1cccc(C)c1-c1cc2c3c(c1)N(Cc1ccc(C(C)(C)C)cc1-c1ccccc1)c1oc4cc5c(cc4c1B3N(c1ccc3c(c1)C(C)(C)CCC3(C)C)c1ccc(C(C)(C)C)cc1-2)C(C)(C)CCC5(C)C. The molecule has 7 aromatic carbocycles. The number of anilines is 4. The van der Waals surface area contributed by atoms with Gasteiger partial charge in [0.2, 0.25) is 0 Å². The second-order valence-electron chi connectivity index (χ2n) is 28.0. The third-order valence-electron chi connectivity index (χ3n) is 18.9. The summed E-state index contributed by atoms with van der Waals surface area (Å²) in [4.78, 5) is 5.35. The highest BCUT2D eigenvalue weighted by Crippen LogP contribution is 2.54. The Morgan fingerprint density at radius 3 is 1.69 bits per heavy atom. The molecule has 0 saturated heterocycles. The van der Waals surface area contributed by atoms with E-state index in [0.717, 1.165) is 30.7 Å². The van der Waals surface area contributed by atoms with E-state index in [1.165, 1.54) is 123 Å². The summed E-state index contributed by atoms with van der Waals surface area (Å²) in [6, 6.07) is 50.2. The lowest BCUT2D eigenvalue weighted by Crippen LogP contribution is -2.61. The zero-order valence-electron chi connectivity index (χ0n) is 48.0. The first-order valence-electron chi connectivity index (χ1n) is 28.2. The van der Waals surface area contributed by atoms with E-state index in [2.05, 4.69) is 248 Å². The van der Waals surface area contributed by atoms with Crippen molar-refractivity contribution in [2.24, 2.45) is 0 Å². The molecule has 0 radical (unpaired) electrons. The van der Waals surface area contributed by atoms with Crippen molar-refractivity contribution >= 4 is 51.7 Å². The van der Waals surface area contributed by atoms with Crippen LogP contribution < -0.4 is 20.6 Å². The van der Waals surface area contributed by atoms with Crippen LogP contribution in [-0.4, -0.2) is 6.85 Å². The summed E-state index contributed by atoms with van der Waals surface area (Å²) >= 11 is 0. The molecule has 2 aliphatic carbocycles. The molecule has 382 valence electrons. The lowest BCUT2D eigenvalue weighted by Gasteiger charge is -2.46. The summed E-state index contributed by atoms with van der Waals surface area (Å²) < 4.78 is 7.76. The molecule has 0 saturated carbocycles. The largest absolute Gasteiger partial charge is 0.441 e. The third-order valence-corrected chi connectivity index (χ3v) is 18.9. The van der Waals surface area contributed by atoms with Gasteiger partial charge >= 0.3 is 6.85 Å². The van der Waals surface area contributed by atoms with E-state index in [1.54, 1.807) is 0 Å². The van der Waals surface area contributed by atoms with Crippen molar-refractivity contribution in [3.63, 3.8) is 0 Å². The second kappa shape index (κ2) is 16.6. The summed E-state index contributed by atoms with van der Waals surface area (Å²) in [6.07, 6.45) is 4.62. The van der Waals surface area contributed by atoms with Crippen LogP contribution in [0.5, 0.6) is 0 Å². The fraction of sp³-hybridized carbons (Fsp3) is 0.380. The molecule has 0 amide bonds. The molecule has 12 rings (SSSR count). The molecule has 3 heterocycles. The Hall–Kier alpha value is -6.26. The summed E-state index contributed by atoms with van der Waals surface area (Å²) in [5.41, 5.74) is 27.3. The van der Waals surface area contributed by atoms with Gasteiger partial charge in [-0.25, -0.2) is 0 Å². The maximum atomic E-state index is 7.76. The fourth-order valence-corrected chi connectivity index (χ4v) is 13.9. The van der Waals surface area contributed by atoms with Crippen LogP contribution in [0.15, 0.2) is 132 Å². The van der Waals surface area contributed by atoms with Gasteiger partial charge in [0.05, 0.1) is 6.54 Å². The lowest BCUT2D eigenvalue weighted by molar-refractivity contribution is 0.332. The van der Waals surface area contributed by atoms with Crippen LogP contribution in [0.25, 0.3) is 44.3 Å². The average Bonchev–Trinajstić information content (AvgIpc) is 3.75. The summed E-state index contributed by atoms with van der Waals surface area (Å²) in [7, 11) is 0. The Bertz CT molecular complexity index is 3620. The quantitative estimate of drug-likeness (QED) is 0.160. The van der Waals surface area contributed by atoms with Gasteiger partial charge in [-0.2, -0.15) is 0 Å². The molecular weight excluding hydrogens is 908 g/mol. The first-order chi connectivity index (χ1) is 35.2. The minimum atomic E-state index is -0.185. The molecule has 0 spiro atoms. The molecule has 2 aliphatic heterocycles. The zero-order valence-corrected chi connectivity index (χ0v) is 48.0. The van der Waals surface area contributed by atoms with Crippen molar-refractivity contribution in [2.45, 2.75) is 175 Å². The molecule has 0 unspecified atom stereocenters. The molecule has 3 nitrogen and oxygen atoms in total. The number of fused-ring (bicyclic) bond motifs is 8. The van der Waals surface area contributed by atoms with Crippen LogP contribution in [-0.2, 0) is 39.0 Å². The summed E-state index contributed by atoms with van der Waals surface area (Å²) in [5.74, 6) is 0.947. The predicted octanol–water partition coefficient (Wildman–Crippen LogP) is 18.3. The first-order valence-corrected chi connectivity index (χ1v) is 28.2. The maximum Gasteiger partial charge on any atom is 0.337 e. The number of aryl methyl sites for hydroxylation is 2. The van der Waals surface area contributed by atoms with Crippen molar-refractivity contribution in [2.75, 3.05) is 9.71 Å². The van der Waals surface area contributed by atoms with Gasteiger partial charge in [0.15, 0.2) is 5.88 Å². The number of hydrogen-bond donors (Lipinski definition) is 0. The Balaban J connectivity index is 1.23. The summed E-state index contributed by atoms with van der Waals surface area (Å²) in [5, 5.41) is 1.23. The topological polar surface area (TPSA) is 19.6 Å². The molecule has 1 aromatic heterocycles. The molecule has 75 heavy (non-hydrogen) atoms. The highest BCUT2D eigenvalue weighted by Gasteiger charge is 2.50. The second-order valence-corrected chi connectivity index (χ2v) is 28.0. The molecule has 4 aliphatic rings. The van der Waals surface area contributed by atoms with Gasteiger partial charge in [-0.05, 0) is 204 Å². The lowest BCUT2D eigenvalue weighted by atomic mass is 9.43. The summed E-state index contributed by atoms with van der Waals surface area (Å²) in [6.45, 7) is 38.7. The van der Waals surface area contributed by atoms with Gasteiger partial charge in [0, 0.05) is 33.5 Å². The van der Waals surface area contributed by atoms with Crippen molar-refractivity contribution in [3.05, 3.63) is 177 Å². The Kier molecular flexibility index (Phi) is 11.0. The zero-order chi connectivity index (χ0) is 53.1.